The topological polar surface area (TPSA) is 69.5 Å². The van der Waals surface area contributed by atoms with Crippen LogP contribution in [0.15, 0.2) is 4.79 Å². The molecule has 0 saturated carbocycles. The predicted octanol–water partition coefficient (Wildman–Crippen LogP) is 0.453. The van der Waals surface area contributed by atoms with Crippen molar-refractivity contribution in [2.75, 3.05) is 0 Å². The van der Waals surface area contributed by atoms with Crippen molar-refractivity contribution in [3.05, 3.63) is 27.4 Å². The molecule has 0 aliphatic heterocycles. The summed E-state index contributed by atoms with van der Waals surface area (Å²) in [6.07, 6.45) is 0.293. The van der Waals surface area contributed by atoms with Crippen LogP contribution < -0.4 is 5.69 Å². The van der Waals surface area contributed by atoms with Crippen molar-refractivity contribution < 1.29 is 0 Å². The minimum absolute atomic E-state index is 0.293. The molecule has 1 heterocycles. The van der Waals surface area contributed by atoms with E-state index in [1.165, 1.54) is 0 Å². The summed E-state index contributed by atoms with van der Waals surface area (Å²) in [5.74, 6) is 0. The normalized spacial score (nSPS) is 9.42. The molecule has 0 radical (unpaired) electrons. The zero-order valence-electron chi connectivity index (χ0n) is 7.01. The van der Waals surface area contributed by atoms with Gasteiger partial charge < -0.3 is 4.98 Å². The van der Waals surface area contributed by atoms with Gasteiger partial charge in [0.1, 0.15) is 0 Å². The number of rotatable bonds is 1. The molecule has 1 N–H and O–H groups in total. The number of aryl methyl sites for hydroxylation is 2. The fraction of sp³-hybridized carbons (Fsp3) is 0.375. The Bertz CT molecular complexity index is 360. The van der Waals surface area contributed by atoms with E-state index in [9.17, 15) is 4.79 Å². The summed E-state index contributed by atoms with van der Waals surface area (Å²) in [4.78, 5) is 17.1. The summed E-state index contributed by atoms with van der Waals surface area (Å²) in [7, 11) is 0. The SMILES string of the molecule is Cc1nc(=O)[nH]c(C)c1CC#N. The van der Waals surface area contributed by atoms with Crippen LogP contribution in [0.1, 0.15) is 17.0 Å². The van der Waals surface area contributed by atoms with Gasteiger partial charge in [-0.05, 0) is 13.8 Å². The molecule has 0 aromatic carbocycles. The van der Waals surface area contributed by atoms with Crippen LogP contribution in [0.3, 0.4) is 0 Å². The first-order valence-electron chi connectivity index (χ1n) is 3.58. The molecular formula is C8H9N3O. The average molecular weight is 163 g/mol. The molecular weight excluding hydrogens is 154 g/mol. The van der Waals surface area contributed by atoms with Crippen LogP contribution >= 0.6 is 0 Å². The highest BCUT2D eigenvalue weighted by atomic mass is 16.1. The summed E-state index contributed by atoms with van der Waals surface area (Å²) in [5, 5.41) is 8.47. The van der Waals surface area contributed by atoms with Crippen LogP contribution in [0.25, 0.3) is 0 Å². The molecule has 1 aromatic heterocycles. The van der Waals surface area contributed by atoms with Crippen LogP contribution in [0.2, 0.25) is 0 Å². The monoisotopic (exact) mass is 163 g/mol. The van der Waals surface area contributed by atoms with Gasteiger partial charge >= 0.3 is 5.69 Å². The van der Waals surface area contributed by atoms with Gasteiger partial charge in [-0.15, -0.1) is 0 Å². The Morgan fingerprint density at radius 1 is 1.58 bits per heavy atom. The number of aromatic amines is 1. The van der Waals surface area contributed by atoms with Gasteiger partial charge in [-0.25, -0.2) is 4.79 Å². The summed E-state index contributed by atoms with van der Waals surface area (Å²) in [5.41, 5.74) is 1.83. The van der Waals surface area contributed by atoms with Crippen LogP contribution in [-0.2, 0) is 6.42 Å². The molecule has 4 heteroatoms. The lowest BCUT2D eigenvalue weighted by atomic mass is 10.1. The third-order valence-corrected chi connectivity index (χ3v) is 1.71. The Labute approximate surface area is 69.9 Å². The minimum Gasteiger partial charge on any atom is -0.310 e. The van der Waals surface area contributed by atoms with Gasteiger partial charge in [-0.1, -0.05) is 0 Å². The van der Waals surface area contributed by atoms with Crippen LogP contribution in [0, 0.1) is 25.2 Å². The van der Waals surface area contributed by atoms with Crippen LogP contribution in [-0.4, -0.2) is 9.97 Å². The highest BCUT2D eigenvalue weighted by molar-refractivity contribution is 5.25. The molecule has 0 aliphatic carbocycles. The summed E-state index contributed by atoms with van der Waals surface area (Å²) < 4.78 is 0. The predicted molar refractivity (Wildman–Crippen MR) is 43.6 cm³/mol. The Kier molecular flexibility index (Phi) is 2.24. The Morgan fingerprint density at radius 3 is 2.75 bits per heavy atom. The highest BCUT2D eigenvalue weighted by Gasteiger charge is 2.03. The van der Waals surface area contributed by atoms with E-state index < -0.39 is 0 Å². The molecule has 0 unspecified atom stereocenters. The maximum absolute atomic E-state index is 10.8. The Morgan fingerprint density at radius 2 is 2.25 bits per heavy atom. The standard InChI is InChI=1S/C8H9N3O/c1-5-7(3-4-9)6(2)11-8(12)10-5/h3H2,1-2H3,(H,10,11,12). The maximum atomic E-state index is 10.8. The first-order valence-corrected chi connectivity index (χ1v) is 3.58. The first-order chi connectivity index (χ1) is 5.65. The number of nitrogens with one attached hydrogen (secondary N) is 1. The zero-order chi connectivity index (χ0) is 9.14. The second-order valence-electron chi connectivity index (χ2n) is 2.57. The number of nitrogens with zero attached hydrogens (tertiary/aromatic N) is 2. The number of nitriles is 1. The zero-order valence-corrected chi connectivity index (χ0v) is 7.01. The van der Waals surface area contributed by atoms with Crippen molar-refractivity contribution in [1.29, 1.82) is 5.26 Å². The van der Waals surface area contributed by atoms with E-state index >= 15 is 0 Å². The first kappa shape index (κ1) is 8.47. The van der Waals surface area contributed by atoms with Crippen molar-refractivity contribution in [3.8, 4) is 6.07 Å². The second kappa shape index (κ2) is 3.18. The Balaban J connectivity index is 3.30. The summed E-state index contributed by atoms with van der Waals surface area (Å²) in [6, 6.07) is 2.02. The van der Waals surface area contributed by atoms with E-state index in [1.807, 2.05) is 6.07 Å². The number of hydrogen-bond donors (Lipinski definition) is 1. The molecule has 0 atom stereocenters. The molecule has 0 aliphatic rings. The second-order valence-corrected chi connectivity index (χ2v) is 2.57. The van der Waals surface area contributed by atoms with E-state index in [4.69, 9.17) is 5.26 Å². The molecule has 12 heavy (non-hydrogen) atoms. The van der Waals surface area contributed by atoms with E-state index in [2.05, 4.69) is 9.97 Å². The van der Waals surface area contributed by atoms with Crippen molar-refractivity contribution in [2.24, 2.45) is 0 Å². The van der Waals surface area contributed by atoms with Crippen molar-refractivity contribution in [2.45, 2.75) is 20.3 Å². The fourth-order valence-corrected chi connectivity index (χ4v) is 1.09. The molecule has 1 aromatic rings. The Hall–Kier alpha value is -1.63. The quantitative estimate of drug-likeness (QED) is 0.653. The van der Waals surface area contributed by atoms with Crippen molar-refractivity contribution in [1.82, 2.24) is 9.97 Å². The third-order valence-electron chi connectivity index (χ3n) is 1.71. The van der Waals surface area contributed by atoms with Gasteiger partial charge in [0, 0.05) is 17.0 Å². The number of H-pyrrole nitrogens is 1. The lowest BCUT2D eigenvalue weighted by Crippen LogP contribution is -2.15. The van der Waals surface area contributed by atoms with Crippen molar-refractivity contribution in [3.63, 3.8) is 0 Å². The molecule has 0 spiro atoms. The molecule has 4 nitrogen and oxygen atoms in total. The summed E-state index contributed by atoms with van der Waals surface area (Å²) in [6.45, 7) is 3.50. The fourth-order valence-electron chi connectivity index (χ4n) is 1.09. The van der Waals surface area contributed by atoms with E-state index in [0.29, 0.717) is 12.1 Å². The van der Waals surface area contributed by atoms with Gasteiger partial charge in [0.2, 0.25) is 0 Å². The summed E-state index contributed by atoms with van der Waals surface area (Å²) >= 11 is 0. The molecule has 0 fully saturated rings. The third kappa shape index (κ3) is 1.51. The van der Waals surface area contributed by atoms with Gasteiger partial charge in [-0.3, -0.25) is 0 Å². The molecule has 1 rings (SSSR count). The molecule has 0 bridgehead atoms. The molecule has 62 valence electrons. The molecule has 0 saturated heterocycles. The van der Waals surface area contributed by atoms with Gasteiger partial charge in [0.25, 0.3) is 0 Å². The van der Waals surface area contributed by atoms with Gasteiger partial charge in [0.05, 0.1) is 12.5 Å². The lowest BCUT2D eigenvalue weighted by Gasteiger charge is -2.02. The van der Waals surface area contributed by atoms with Crippen LogP contribution in [0.4, 0.5) is 0 Å². The largest absolute Gasteiger partial charge is 0.345 e. The van der Waals surface area contributed by atoms with Crippen LogP contribution in [0.5, 0.6) is 0 Å². The van der Waals surface area contributed by atoms with E-state index in [1.54, 1.807) is 13.8 Å². The highest BCUT2D eigenvalue weighted by Crippen LogP contribution is 2.05. The number of hydrogen-bond acceptors (Lipinski definition) is 3. The van der Waals surface area contributed by atoms with Gasteiger partial charge in [0.15, 0.2) is 0 Å². The maximum Gasteiger partial charge on any atom is 0.345 e. The lowest BCUT2D eigenvalue weighted by molar-refractivity contribution is 0.939. The minimum atomic E-state index is -0.355. The number of aromatic nitrogens is 2. The van der Waals surface area contributed by atoms with E-state index in [0.717, 1.165) is 11.3 Å². The van der Waals surface area contributed by atoms with E-state index in [-0.39, 0.29) is 5.69 Å². The van der Waals surface area contributed by atoms with Crippen molar-refractivity contribution >= 4 is 0 Å². The smallest absolute Gasteiger partial charge is 0.310 e. The molecule has 0 amide bonds. The average Bonchev–Trinajstić information content (AvgIpc) is 1.96. The van der Waals surface area contributed by atoms with Gasteiger partial charge in [-0.2, -0.15) is 10.2 Å².